The molecule has 0 radical (unpaired) electrons. The normalized spacial score (nSPS) is 16.7. The first-order chi connectivity index (χ1) is 13.8. The van der Waals surface area contributed by atoms with E-state index in [-0.39, 0.29) is 11.9 Å². The van der Waals surface area contributed by atoms with Crippen LogP contribution in [-0.4, -0.2) is 43.9 Å². The van der Waals surface area contributed by atoms with Crippen molar-refractivity contribution in [3.05, 3.63) is 72.6 Å². The van der Waals surface area contributed by atoms with Crippen LogP contribution in [0.3, 0.4) is 0 Å². The summed E-state index contributed by atoms with van der Waals surface area (Å²) < 4.78 is 1.90. The van der Waals surface area contributed by atoms with Gasteiger partial charge in [-0.15, -0.1) is 5.10 Å². The van der Waals surface area contributed by atoms with Crippen LogP contribution >= 0.6 is 0 Å². The van der Waals surface area contributed by atoms with Gasteiger partial charge < -0.3 is 9.88 Å². The maximum atomic E-state index is 12.8. The first-order valence-corrected chi connectivity index (χ1v) is 9.58. The third-order valence-electron chi connectivity index (χ3n) is 5.49. The molecule has 1 aliphatic rings. The summed E-state index contributed by atoms with van der Waals surface area (Å²) >= 11 is 0. The van der Waals surface area contributed by atoms with Gasteiger partial charge in [0.25, 0.3) is 0 Å². The number of carbonyl (C=O) groups is 1. The van der Waals surface area contributed by atoms with Crippen molar-refractivity contribution in [2.75, 3.05) is 13.1 Å². The number of H-pyrrole nitrogens is 1. The maximum absolute atomic E-state index is 12.8. The molecule has 28 heavy (non-hydrogen) atoms. The largest absolute Gasteiger partial charge is 0.361 e. The van der Waals surface area contributed by atoms with Gasteiger partial charge in [0.1, 0.15) is 5.69 Å². The number of nitrogens with zero attached hydrogens (tertiary/aromatic N) is 4. The second kappa shape index (κ2) is 6.96. The van der Waals surface area contributed by atoms with E-state index in [9.17, 15) is 4.79 Å². The summed E-state index contributed by atoms with van der Waals surface area (Å²) in [6.07, 6.45) is 5.24. The molecule has 2 aromatic heterocycles. The number of nitrogens with one attached hydrogen (secondary N) is 1. The first-order valence-electron chi connectivity index (χ1n) is 9.58. The van der Waals surface area contributed by atoms with Gasteiger partial charge in [-0.05, 0) is 18.1 Å². The molecule has 2 aromatic carbocycles. The summed E-state index contributed by atoms with van der Waals surface area (Å²) in [4.78, 5) is 18.0. The number of aromatic amines is 1. The summed E-state index contributed by atoms with van der Waals surface area (Å²) in [5.74, 6) is 0.163. The number of benzene rings is 2. The zero-order valence-corrected chi connectivity index (χ0v) is 15.5. The van der Waals surface area contributed by atoms with Crippen LogP contribution in [0, 0.1) is 0 Å². The Kier molecular flexibility index (Phi) is 4.16. The van der Waals surface area contributed by atoms with Crippen molar-refractivity contribution >= 4 is 16.8 Å². The highest BCUT2D eigenvalue weighted by Gasteiger charge is 2.28. The van der Waals surface area contributed by atoms with Gasteiger partial charge in [0.05, 0.1) is 18.7 Å². The molecular formula is C22H21N5O. The molecule has 1 aliphatic heterocycles. The monoisotopic (exact) mass is 371 g/mol. The lowest BCUT2D eigenvalue weighted by Crippen LogP contribution is -2.30. The Morgan fingerprint density at radius 1 is 1.11 bits per heavy atom. The molecule has 1 atom stereocenters. The summed E-state index contributed by atoms with van der Waals surface area (Å²) in [5.41, 5.74) is 4.04. The second-order valence-corrected chi connectivity index (χ2v) is 7.27. The molecule has 1 fully saturated rings. The number of fused-ring (bicyclic) bond motifs is 1. The molecule has 1 saturated heterocycles. The Morgan fingerprint density at radius 3 is 2.82 bits per heavy atom. The molecule has 0 spiro atoms. The average Bonchev–Trinajstić information content (AvgIpc) is 3.48. The van der Waals surface area contributed by atoms with Gasteiger partial charge in [0, 0.05) is 35.8 Å². The fourth-order valence-electron chi connectivity index (χ4n) is 3.93. The van der Waals surface area contributed by atoms with Crippen LogP contribution in [0.15, 0.2) is 67.0 Å². The number of hydrogen-bond donors (Lipinski definition) is 1. The van der Waals surface area contributed by atoms with Crippen molar-refractivity contribution in [3.8, 4) is 11.3 Å². The number of hydrogen-bond acceptors (Lipinski definition) is 3. The molecule has 1 amide bonds. The minimum atomic E-state index is 0.163. The van der Waals surface area contributed by atoms with E-state index >= 15 is 0 Å². The molecule has 3 heterocycles. The lowest BCUT2D eigenvalue weighted by Gasteiger charge is -2.16. The zero-order valence-electron chi connectivity index (χ0n) is 15.5. The molecule has 0 saturated carbocycles. The lowest BCUT2D eigenvalue weighted by molar-refractivity contribution is -0.129. The van der Waals surface area contributed by atoms with Crippen molar-refractivity contribution < 1.29 is 4.79 Å². The van der Waals surface area contributed by atoms with Crippen LogP contribution in [0.2, 0.25) is 0 Å². The van der Waals surface area contributed by atoms with Crippen LogP contribution in [0.4, 0.5) is 0 Å². The minimum absolute atomic E-state index is 0.163. The molecule has 5 rings (SSSR count). The predicted octanol–water partition coefficient (Wildman–Crippen LogP) is 3.44. The summed E-state index contributed by atoms with van der Waals surface area (Å²) in [7, 11) is 0. The highest BCUT2D eigenvalue weighted by molar-refractivity contribution is 5.89. The fraction of sp³-hybridized carbons (Fsp3) is 0.227. The second-order valence-electron chi connectivity index (χ2n) is 7.27. The Hall–Kier alpha value is -3.41. The van der Waals surface area contributed by atoms with E-state index in [0.717, 1.165) is 40.7 Å². The smallest absolute Gasteiger partial charge is 0.227 e. The van der Waals surface area contributed by atoms with Gasteiger partial charge in [-0.3, -0.25) is 4.79 Å². The van der Waals surface area contributed by atoms with E-state index in [1.54, 1.807) is 0 Å². The predicted molar refractivity (Wildman–Crippen MR) is 108 cm³/mol. The van der Waals surface area contributed by atoms with Crippen LogP contribution in [-0.2, 0) is 11.2 Å². The Morgan fingerprint density at radius 2 is 1.93 bits per heavy atom. The van der Waals surface area contributed by atoms with E-state index in [1.807, 2.05) is 70.5 Å². The van der Waals surface area contributed by atoms with Crippen molar-refractivity contribution in [2.45, 2.75) is 18.9 Å². The molecule has 1 unspecified atom stereocenters. The Balaban J connectivity index is 1.27. The van der Waals surface area contributed by atoms with Gasteiger partial charge in [-0.25, -0.2) is 4.68 Å². The standard InChI is InChI=1S/C22H21N5O/c28-22(12-17-13-23-20-9-5-4-8-19(17)20)26-11-10-18(14-26)27-15-21(24-25-27)16-6-2-1-3-7-16/h1-9,13,15,18,23H,10-12,14H2. The number of aromatic nitrogens is 4. The van der Waals surface area contributed by atoms with Crippen molar-refractivity contribution in [1.29, 1.82) is 0 Å². The molecule has 4 aromatic rings. The quantitative estimate of drug-likeness (QED) is 0.598. The number of para-hydroxylation sites is 1. The number of likely N-dealkylation sites (tertiary alicyclic amines) is 1. The highest BCUT2D eigenvalue weighted by Crippen LogP contribution is 2.25. The minimum Gasteiger partial charge on any atom is -0.361 e. The van der Waals surface area contributed by atoms with E-state index in [1.165, 1.54) is 0 Å². The first kappa shape index (κ1) is 16.7. The Bertz CT molecular complexity index is 1110. The van der Waals surface area contributed by atoms with E-state index < -0.39 is 0 Å². The molecular weight excluding hydrogens is 350 g/mol. The fourth-order valence-corrected chi connectivity index (χ4v) is 3.93. The molecule has 140 valence electrons. The summed E-state index contributed by atoms with van der Waals surface area (Å²) in [6.45, 7) is 1.44. The van der Waals surface area contributed by atoms with Gasteiger partial charge in [0.2, 0.25) is 5.91 Å². The molecule has 0 aliphatic carbocycles. The summed E-state index contributed by atoms with van der Waals surface area (Å²) in [5, 5.41) is 9.73. The van der Waals surface area contributed by atoms with Gasteiger partial charge in [-0.2, -0.15) is 0 Å². The van der Waals surface area contributed by atoms with Gasteiger partial charge in [-0.1, -0.05) is 53.7 Å². The molecule has 1 N–H and O–H groups in total. The van der Waals surface area contributed by atoms with E-state index in [2.05, 4.69) is 21.4 Å². The van der Waals surface area contributed by atoms with Gasteiger partial charge in [0.15, 0.2) is 0 Å². The van der Waals surface area contributed by atoms with Crippen LogP contribution < -0.4 is 0 Å². The number of amides is 1. The number of carbonyl (C=O) groups excluding carboxylic acids is 1. The van der Waals surface area contributed by atoms with Crippen LogP contribution in [0.25, 0.3) is 22.2 Å². The SMILES string of the molecule is O=C(Cc1c[nH]c2ccccc12)N1CCC(n2cc(-c3ccccc3)nn2)C1. The zero-order chi connectivity index (χ0) is 18.9. The average molecular weight is 371 g/mol. The van der Waals surface area contributed by atoms with E-state index in [4.69, 9.17) is 0 Å². The van der Waals surface area contributed by atoms with Crippen LogP contribution in [0.1, 0.15) is 18.0 Å². The lowest BCUT2D eigenvalue weighted by atomic mass is 10.1. The van der Waals surface area contributed by atoms with Crippen LogP contribution in [0.5, 0.6) is 0 Å². The van der Waals surface area contributed by atoms with E-state index in [0.29, 0.717) is 13.0 Å². The topological polar surface area (TPSA) is 66.8 Å². The molecule has 0 bridgehead atoms. The highest BCUT2D eigenvalue weighted by atomic mass is 16.2. The third kappa shape index (κ3) is 3.07. The Labute approximate surface area is 162 Å². The summed E-state index contributed by atoms with van der Waals surface area (Å²) in [6, 6.07) is 18.3. The van der Waals surface area contributed by atoms with Gasteiger partial charge >= 0.3 is 0 Å². The van der Waals surface area contributed by atoms with Crippen molar-refractivity contribution in [1.82, 2.24) is 24.9 Å². The third-order valence-corrected chi connectivity index (χ3v) is 5.49. The maximum Gasteiger partial charge on any atom is 0.227 e. The molecule has 6 heteroatoms. The van der Waals surface area contributed by atoms with Crippen molar-refractivity contribution in [2.24, 2.45) is 0 Å². The molecule has 6 nitrogen and oxygen atoms in total. The van der Waals surface area contributed by atoms with Crippen molar-refractivity contribution in [3.63, 3.8) is 0 Å². The number of rotatable bonds is 4.